The minimum atomic E-state index is -0.416. The summed E-state index contributed by atoms with van der Waals surface area (Å²) in [7, 11) is 0. The molecule has 0 saturated carbocycles. The summed E-state index contributed by atoms with van der Waals surface area (Å²) in [6, 6.07) is 8.62. The highest BCUT2D eigenvalue weighted by Crippen LogP contribution is 2.36. The molecule has 0 aliphatic rings. The van der Waals surface area contributed by atoms with Crippen molar-refractivity contribution in [3.05, 3.63) is 57.0 Å². The van der Waals surface area contributed by atoms with E-state index in [1.165, 1.54) is 17.8 Å². The van der Waals surface area contributed by atoms with Gasteiger partial charge in [-0.3, -0.25) is 10.1 Å². The predicted molar refractivity (Wildman–Crippen MR) is 83.6 cm³/mol. The van der Waals surface area contributed by atoms with Gasteiger partial charge in [-0.1, -0.05) is 23.9 Å². The third-order valence-electron chi connectivity index (χ3n) is 3.12. The number of aryl methyl sites for hydroxylation is 2. The smallest absolute Gasteiger partial charge is 0.258 e. The molecule has 0 fully saturated rings. The molecule has 0 N–H and O–H groups in total. The van der Waals surface area contributed by atoms with Gasteiger partial charge in [0.25, 0.3) is 5.69 Å². The van der Waals surface area contributed by atoms with Gasteiger partial charge in [0.15, 0.2) is 0 Å². The minimum absolute atomic E-state index is 0.0560. The van der Waals surface area contributed by atoms with E-state index in [0.717, 1.165) is 5.56 Å². The Morgan fingerprint density at radius 2 is 2.09 bits per heavy atom. The molecule has 112 valence electrons. The van der Waals surface area contributed by atoms with E-state index in [1.807, 2.05) is 13.0 Å². The van der Waals surface area contributed by atoms with E-state index >= 15 is 0 Å². The standard InChI is InChI=1S/C15H14N4O2S/c1-9-14(8-16)15(18-11(3)17-9)22-10(2)12-5-4-6-13(7-12)19(20)21/h4-7,10H,1-3H3. The van der Waals surface area contributed by atoms with Gasteiger partial charge >= 0.3 is 0 Å². The van der Waals surface area contributed by atoms with E-state index in [9.17, 15) is 15.4 Å². The Hall–Kier alpha value is -2.46. The van der Waals surface area contributed by atoms with Crippen molar-refractivity contribution >= 4 is 17.4 Å². The van der Waals surface area contributed by atoms with Crippen LogP contribution >= 0.6 is 11.8 Å². The lowest BCUT2D eigenvalue weighted by molar-refractivity contribution is -0.384. The second-order valence-corrected chi connectivity index (χ2v) is 6.09. The zero-order valence-corrected chi connectivity index (χ0v) is 13.2. The first-order valence-electron chi connectivity index (χ1n) is 6.58. The van der Waals surface area contributed by atoms with Crippen LogP contribution in [0.15, 0.2) is 29.3 Å². The quantitative estimate of drug-likeness (QED) is 0.369. The Balaban J connectivity index is 2.33. The van der Waals surface area contributed by atoms with Crippen LogP contribution in [0.2, 0.25) is 0 Å². The molecule has 2 aromatic rings. The molecule has 1 atom stereocenters. The van der Waals surface area contributed by atoms with E-state index in [0.29, 0.717) is 22.1 Å². The highest BCUT2D eigenvalue weighted by atomic mass is 32.2. The van der Waals surface area contributed by atoms with Crippen molar-refractivity contribution in [3.63, 3.8) is 0 Å². The number of rotatable bonds is 4. The molecule has 0 aliphatic carbocycles. The molecular formula is C15H14N4O2S. The molecule has 0 bridgehead atoms. The highest BCUT2D eigenvalue weighted by molar-refractivity contribution is 7.99. The number of thioether (sulfide) groups is 1. The van der Waals surface area contributed by atoms with Crippen molar-refractivity contribution in [2.45, 2.75) is 31.0 Å². The lowest BCUT2D eigenvalue weighted by Crippen LogP contribution is -2.00. The number of non-ortho nitro benzene ring substituents is 1. The zero-order chi connectivity index (χ0) is 16.3. The molecule has 0 radical (unpaired) electrons. The molecule has 2 rings (SSSR count). The molecule has 1 unspecified atom stereocenters. The second-order valence-electron chi connectivity index (χ2n) is 4.76. The van der Waals surface area contributed by atoms with Crippen molar-refractivity contribution < 1.29 is 4.92 Å². The number of benzene rings is 1. The zero-order valence-electron chi connectivity index (χ0n) is 12.4. The molecule has 0 amide bonds. The Morgan fingerprint density at radius 3 is 2.73 bits per heavy atom. The van der Waals surface area contributed by atoms with Crippen molar-refractivity contribution in [2.24, 2.45) is 0 Å². The summed E-state index contributed by atoms with van der Waals surface area (Å²) in [6.45, 7) is 5.48. The van der Waals surface area contributed by atoms with Crippen molar-refractivity contribution in [1.82, 2.24) is 9.97 Å². The second kappa shape index (κ2) is 6.54. The lowest BCUT2D eigenvalue weighted by atomic mass is 10.1. The number of aromatic nitrogens is 2. The Morgan fingerprint density at radius 1 is 1.36 bits per heavy atom. The monoisotopic (exact) mass is 314 g/mol. The minimum Gasteiger partial charge on any atom is -0.258 e. The van der Waals surface area contributed by atoms with Crippen molar-refractivity contribution in [2.75, 3.05) is 0 Å². The van der Waals surface area contributed by atoms with Crippen LogP contribution in [0.25, 0.3) is 0 Å². The number of nitrogens with zero attached hydrogens (tertiary/aromatic N) is 4. The van der Waals surface area contributed by atoms with Gasteiger partial charge in [-0.2, -0.15) is 5.26 Å². The molecule has 7 heteroatoms. The highest BCUT2D eigenvalue weighted by Gasteiger charge is 2.17. The third-order valence-corrected chi connectivity index (χ3v) is 4.26. The van der Waals surface area contributed by atoms with Crippen molar-refractivity contribution in [3.8, 4) is 6.07 Å². The maximum Gasteiger partial charge on any atom is 0.269 e. The summed E-state index contributed by atoms with van der Waals surface area (Å²) in [6.07, 6.45) is 0. The van der Waals surface area contributed by atoms with Gasteiger partial charge < -0.3 is 0 Å². The van der Waals surface area contributed by atoms with Crippen molar-refractivity contribution in [1.29, 1.82) is 5.26 Å². The molecule has 1 aromatic carbocycles. The molecule has 0 spiro atoms. The maximum atomic E-state index is 10.9. The molecule has 0 aliphatic heterocycles. The fourth-order valence-corrected chi connectivity index (χ4v) is 3.14. The van der Waals surface area contributed by atoms with Crippen LogP contribution in [0.3, 0.4) is 0 Å². The van der Waals surface area contributed by atoms with E-state index in [4.69, 9.17) is 0 Å². The summed E-state index contributed by atoms with van der Waals surface area (Å²) >= 11 is 1.40. The fourth-order valence-electron chi connectivity index (χ4n) is 2.02. The first-order valence-corrected chi connectivity index (χ1v) is 7.46. The fraction of sp³-hybridized carbons (Fsp3) is 0.267. The van der Waals surface area contributed by atoms with E-state index < -0.39 is 4.92 Å². The summed E-state index contributed by atoms with van der Waals surface area (Å²) in [5.41, 5.74) is 1.97. The average molecular weight is 314 g/mol. The molecule has 0 saturated heterocycles. The van der Waals surface area contributed by atoms with Crippen LogP contribution in [0.4, 0.5) is 5.69 Å². The van der Waals surface area contributed by atoms with E-state index in [-0.39, 0.29) is 10.9 Å². The normalized spacial score (nSPS) is 11.7. The van der Waals surface area contributed by atoms with Gasteiger partial charge in [-0.15, -0.1) is 0 Å². The van der Waals surface area contributed by atoms with E-state index in [2.05, 4.69) is 16.0 Å². The van der Waals surface area contributed by atoms with Gasteiger partial charge in [0.05, 0.1) is 10.6 Å². The van der Waals surface area contributed by atoms with Gasteiger partial charge in [0.2, 0.25) is 0 Å². The Kier molecular flexibility index (Phi) is 4.73. The van der Waals surface area contributed by atoms with Gasteiger partial charge in [0.1, 0.15) is 22.5 Å². The van der Waals surface area contributed by atoms with Crippen LogP contribution in [-0.2, 0) is 0 Å². The van der Waals surface area contributed by atoms with Gasteiger partial charge in [-0.05, 0) is 26.3 Å². The van der Waals surface area contributed by atoms with Crippen LogP contribution in [0.5, 0.6) is 0 Å². The Labute approximate surface area is 132 Å². The van der Waals surface area contributed by atoms with Gasteiger partial charge in [-0.25, -0.2) is 9.97 Å². The summed E-state index contributed by atoms with van der Waals surface area (Å²) in [4.78, 5) is 19.0. The summed E-state index contributed by atoms with van der Waals surface area (Å²) in [5, 5.41) is 20.7. The van der Waals surface area contributed by atoms with Gasteiger partial charge in [0, 0.05) is 17.4 Å². The summed E-state index contributed by atoms with van der Waals surface area (Å²) < 4.78 is 0. The first-order chi connectivity index (χ1) is 10.4. The van der Waals surface area contributed by atoms with Crippen LogP contribution in [-0.4, -0.2) is 14.9 Å². The largest absolute Gasteiger partial charge is 0.269 e. The predicted octanol–water partition coefficient (Wildman–Crippen LogP) is 3.73. The number of nitro benzene ring substituents is 1. The molecular weight excluding hydrogens is 300 g/mol. The number of hydrogen-bond acceptors (Lipinski definition) is 6. The van der Waals surface area contributed by atoms with Crippen LogP contribution < -0.4 is 0 Å². The summed E-state index contributed by atoms with van der Waals surface area (Å²) in [5.74, 6) is 0.602. The first kappa shape index (κ1) is 15.9. The molecule has 1 heterocycles. The Bertz CT molecular complexity index is 771. The number of nitriles is 1. The molecule has 1 aromatic heterocycles. The third kappa shape index (κ3) is 3.40. The maximum absolute atomic E-state index is 10.9. The topological polar surface area (TPSA) is 92.7 Å². The number of nitro groups is 1. The molecule has 22 heavy (non-hydrogen) atoms. The average Bonchev–Trinajstić information content (AvgIpc) is 2.47. The van der Waals surface area contributed by atoms with Crippen LogP contribution in [0, 0.1) is 35.3 Å². The van der Waals surface area contributed by atoms with E-state index in [1.54, 1.807) is 26.0 Å². The van der Waals surface area contributed by atoms with Crippen LogP contribution in [0.1, 0.15) is 34.8 Å². The lowest BCUT2D eigenvalue weighted by Gasteiger charge is -2.13. The SMILES string of the molecule is Cc1nc(C)c(C#N)c(SC(C)c2cccc([N+](=O)[O-])c2)n1. The number of hydrogen-bond donors (Lipinski definition) is 0. The molecule has 6 nitrogen and oxygen atoms in total.